The molecule has 1 fully saturated rings. The van der Waals surface area contributed by atoms with Crippen LogP contribution in [0.5, 0.6) is 0 Å². The van der Waals surface area contributed by atoms with E-state index in [2.05, 4.69) is 32.7 Å². The van der Waals surface area contributed by atoms with Gasteiger partial charge in [-0.2, -0.15) is 0 Å². The molecule has 0 unspecified atom stereocenters. The first kappa shape index (κ1) is 16.5. The monoisotopic (exact) mass is 396 g/mol. The van der Waals surface area contributed by atoms with Gasteiger partial charge >= 0.3 is 0 Å². The number of benzene rings is 2. The average molecular weight is 396 g/mol. The topological polar surface area (TPSA) is 75.6 Å². The third-order valence-electron chi connectivity index (χ3n) is 5.19. The van der Waals surface area contributed by atoms with Crippen LogP contribution in [0.1, 0.15) is 12.8 Å². The van der Waals surface area contributed by atoms with Crippen molar-refractivity contribution >= 4 is 66.9 Å². The fraction of sp³-hybridized carbons (Fsp3) is 0.136. The van der Waals surface area contributed by atoms with E-state index in [1.165, 1.54) is 12.8 Å². The van der Waals surface area contributed by atoms with Gasteiger partial charge in [0.15, 0.2) is 5.11 Å². The standard InChI is InChI=1S/C22H16N6S/c29-22(25-12-5-6-12)26-13-7-8-16-17(11-13)28-21-19-15(4-2-10-24-19)14-3-1-9-23-18(14)20(21)27-16/h1-4,7-12H,5-6H2,(H2,25,26,29). The third-order valence-corrected chi connectivity index (χ3v) is 5.41. The quantitative estimate of drug-likeness (QED) is 0.261. The van der Waals surface area contributed by atoms with Gasteiger partial charge in [0.05, 0.1) is 22.1 Å². The van der Waals surface area contributed by atoms with E-state index in [9.17, 15) is 0 Å². The van der Waals surface area contributed by atoms with Gasteiger partial charge in [0.1, 0.15) is 11.0 Å². The summed E-state index contributed by atoms with van der Waals surface area (Å²) in [4.78, 5) is 19.0. The zero-order chi connectivity index (χ0) is 19.4. The van der Waals surface area contributed by atoms with Gasteiger partial charge < -0.3 is 10.6 Å². The Bertz CT molecular complexity index is 1440. The number of nitrogens with zero attached hydrogens (tertiary/aromatic N) is 4. The largest absolute Gasteiger partial charge is 0.360 e. The molecule has 1 aliphatic rings. The van der Waals surface area contributed by atoms with Crippen molar-refractivity contribution in [1.82, 2.24) is 25.3 Å². The van der Waals surface area contributed by atoms with Crippen LogP contribution in [0.2, 0.25) is 0 Å². The fourth-order valence-corrected chi connectivity index (χ4v) is 3.95. The van der Waals surface area contributed by atoms with Crippen molar-refractivity contribution in [2.75, 3.05) is 5.32 Å². The van der Waals surface area contributed by atoms with Crippen molar-refractivity contribution in [3.8, 4) is 0 Å². The van der Waals surface area contributed by atoms with Crippen LogP contribution in [-0.2, 0) is 0 Å². The van der Waals surface area contributed by atoms with Gasteiger partial charge in [0.2, 0.25) is 0 Å². The lowest BCUT2D eigenvalue weighted by molar-refractivity contribution is 0.919. The number of anilines is 1. The maximum absolute atomic E-state index is 5.39. The number of nitrogens with one attached hydrogen (secondary N) is 2. The summed E-state index contributed by atoms with van der Waals surface area (Å²) in [6, 6.07) is 14.4. The molecule has 1 aliphatic carbocycles. The molecule has 0 atom stereocenters. The van der Waals surface area contributed by atoms with Gasteiger partial charge in [-0.3, -0.25) is 9.97 Å². The molecule has 1 saturated carbocycles. The molecule has 7 heteroatoms. The molecule has 2 N–H and O–H groups in total. The molecule has 5 aromatic rings. The van der Waals surface area contributed by atoms with Crippen LogP contribution < -0.4 is 10.6 Å². The Morgan fingerprint density at radius 3 is 2.14 bits per heavy atom. The van der Waals surface area contributed by atoms with E-state index in [1.54, 1.807) is 12.4 Å². The Hall–Kier alpha value is -3.45. The molecule has 6 nitrogen and oxygen atoms in total. The summed E-state index contributed by atoms with van der Waals surface area (Å²) in [6.07, 6.45) is 5.94. The molecule has 0 spiro atoms. The molecular weight excluding hydrogens is 380 g/mol. The minimum atomic E-state index is 0.511. The molecule has 0 bridgehead atoms. The normalized spacial score (nSPS) is 13.9. The predicted octanol–water partition coefficient (Wildman–Crippen LogP) is 4.33. The number of fused-ring (bicyclic) bond motifs is 7. The zero-order valence-corrected chi connectivity index (χ0v) is 16.2. The SMILES string of the molecule is S=C(Nc1ccc2nc3c4ncccc4c4cccnc4c3nc2c1)NC1CC1. The van der Waals surface area contributed by atoms with Gasteiger partial charge in [-0.1, -0.05) is 12.1 Å². The summed E-state index contributed by atoms with van der Waals surface area (Å²) in [7, 11) is 0. The van der Waals surface area contributed by atoms with Crippen molar-refractivity contribution in [1.29, 1.82) is 0 Å². The summed E-state index contributed by atoms with van der Waals surface area (Å²) in [6.45, 7) is 0. The first-order valence-corrected chi connectivity index (χ1v) is 9.97. The van der Waals surface area contributed by atoms with E-state index < -0.39 is 0 Å². The number of hydrogen-bond acceptors (Lipinski definition) is 5. The van der Waals surface area contributed by atoms with Crippen LogP contribution in [0.4, 0.5) is 5.69 Å². The Morgan fingerprint density at radius 1 is 0.828 bits per heavy atom. The molecule has 3 heterocycles. The van der Waals surface area contributed by atoms with E-state index in [1.807, 2.05) is 30.3 Å². The first-order valence-electron chi connectivity index (χ1n) is 9.57. The second-order valence-corrected chi connectivity index (χ2v) is 7.70. The van der Waals surface area contributed by atoms with Gasteiger partial charge in [0, 0.05) is 34.9 Å². The lowest BCUT2D eigenvalue weighted by Crippen LogP contribution is -2.30. The molecule has 0 saturated heterocycles. The maximum Gasteiger partial charge on any atom is 0.170 e. The van der Waals surface area contributed by atoms with E-state index in [4.69, 9.17) is 22.2 Å². The van der Waals surface area contributed by atoms with Crippen LogP contribution in [0.25, 0.3) is 43.9 Å². The van der Waals surface area contributed by atoms with Gasteiger partial charge in [0.25, 0.3) is 0 Å². The minimum absolute atomic E-state index is 0.511. The Kier molecular flexibility index (Phi) is 3.57. The van der Waals surface area contributed by atoms with E-state index in [-0.39, 0.29) is 0 Å². The van der Waals surface area contributed by atoms with E-state index >= 15 is 0 Å². The summed E-state index contributed by atoms with van der Waals surface area (Å²) in [5.74, 6) is 0. The second kappa shape index (κ2) is 6.28. The number of pyridine rings is 2. The summed E-state index contributed by atoms with van der Waals surface area (Å²) in [5.41, 5.74) is 5.70. The highest BCUT2D eigenvalue weighted by atomic mass is 32.1. The summed E-state index contributed by atoms with van der Waals surface area (Å²) < 4.78 is 0. The smallest absolute Gasteiger partial charge is 0.170 e. The fourth-order valence-electron chi connectivity index (χ4n) is 3.67. The van der Waals surface area contributed by atoms with Crippen LogP contribution >= 0.6 is 12.2 Å². The Balaban J connectivity index is 1.57. The molecule has 3 aromatic heterocycles. The van der Waals surface area contributed by atoms with Crippen molar-refractivity contribution in [3.63, 3.8) is 0 Å². The molecular formula is C22H16N6S. The van der Waals surface area contributed by atoms with E-state index in [0.717, 1.165) is 49.6 Å². The van der Waals surface area contributed by atoms with Crippen molar-refractivity contribution in [2.45, 2.75) is 18.9 Å². The van der Waals surface area contributed by atoms with Crippen LogP contribution in [0.3, 0.4) is 0 Å². The number of rotatable bonds is 2. The molecule has 0 aliphatic heterocycles. The van der Waals surface area contributed by atoms with Gasteiger partial charge in [-0.05, 0) is 55.4 Å². The molecule has 0 amide bonds. The van der Waals surface area contributed by atoms with Gasteiger partial charge in [-0.15, -0.1) is 0 Å². The lowest BCUT2D eigenvalue weighted by Gasteiger charge is -2.11. The van der Waals surface area contributed by atoms with Crippen molar-refractivity contribution < 1.29 is 0 Å². The number of thiocarbonyl (C=S) groups is 1. The maximum atomic E-state index is 5.39. The summed E-state index contributed by atoms with van der Waals surface area (Å²) in [5, 5.41) is 9.24. The Morgan fingerprint density at radius 2 is 1.48 bits per heavy atom. The highest BCUT2D eigenvalue weighted by Crippen LogP contribution is 2.32. The highest BCUT2D eigenvalue weighted by molar-refractivity contribution is 7.80. The zero-order valence-electron chi connectivity index (χ0n) is 15.4. The van der Waals surface area contributed by atoms with Gasteiger partial charge in [-0.25, -0.2) is 9.97 Å². The summed E-state index contributed by atoms with van der Waals surface area (Å²) >= 11 is 5.39. The molecule has 6 rings (SSSR count). The average Bonchev–Trinajstić information content (AvgIpc) is 3.56. The van der Waals surface area contributed by atoms with E-state index in [0.29, 0.717) is 11.2 Å². The molecule has 29 heavy (non-hydrogen) atoms. The van der Waals surface area contributed by atoms with Crippen LogP contribution in [0.15, 0.2) is 54.9 Å². The highest BCUT2D eigenvalue weighted by Gasteiger charge is 2.21. The lowest BCUT2D eigenvalue weighted by atomic mass is 10.1. The third kappa shape index (κ3) is 2.82. The van der Waals surface area contributed by atoms with Crippen molar-refractivity contribution in [3.05, 3.63) is 54.9 Å². The Labute approximate surface area is 171 Å². The number of aromatic nitrogens is 4. The molecule has 140 valence electrons. The number of hydrogen-bond donors (Lipinski definition) is 2. The minimum Gasteiger partial charge on any atom is -0.360 e. The molecule has 0 radical (unpaired) electrons. The first-order chi connectivity index (χ1) is 14.3. The molecule has 2 aromatic carbocycles. The second-order valence-electron chi connectivity index (χ2n) is 7.30. The van der Waals surface area contributed by atoms with Crippen LogP contribution in [0, 0.1) is 0 Å². The van der Waals surface area contributed by atoms with Crippen molar-refractivity contribution in [2.24, 2.45) is 0 Å². The van der Waals surface area contributed by atoms with Crippen LogP contribution in [-0.4, -0.2) is 31.1 Å². The predicted molar refractivity (Wildman–Crippen MR) is 120 cm³/mol.